The van der Waals surface area contributed by atoms with Gasteiger partial charge in [0.1, 0.15) is 0 Å². The molecule has 2 aromatic rings. The van der Waals surface area contributed by atoms with Crippen LogP contribution in [-0.2, 0) is 11.3 Å². The van der Waals surface area contributed by atoms with Gasteiger partial charge in [0, 0.05) is 17.0 Å². The van der Waals surface area contributed by atoms with Gasteiger partial charge in [-0.15, -0.1) is 0 Å². The number of halogens is 1. The zero-order valence-corrected chi connectivity index (χ0v) is 16.2. The van der Waals surface area contributed by atoms with E-state index in [2.05, 4.69) is 16.2 Å². The maximum atomic E-state index is 12.6. The summed E-state index contributed by atoms with van der Waals surface area (Å²) in [5.74, 6) is -0.537. The van der Waals surface area contributed by atoms with Gasteiger partial charge in [-0.1, -0.05) is 62.7 Å². The van der Waals surface area contributed by atoms with Gasteiger partial charge in [-0.05, 0) is 30.2 Å². The number of hydrogen-bond acceptors (Lipinski definition) is 3. The van der Waals surface area contributed by atoms with Crippen LogP contribution < -0.4 is 16.2 Å². The topological polar surface area (TPSA) is 70.2 Å². The van der Waals surface area contributed by atoms with Crippen LogP contribution in [0.2, 0.25) is 5.02 Å². The highest BCUT2D eigenvalue weighted by Gasteiger charge is 2.24. The van der Waals surface area contributed by atoms with E-state index in [1.54, 1.807) is 19.1 Å². The maximum Gasteiger partial charge on any atom is 0.267 e. The van der Waals surface area contributed by atoms with Crippen molar-refractivity contribution in [3.63, 3.8) is 0 Å². The van der Waals surface area contributed by atoms with E-state index in [0.717, 1.165) is 11.1 Å². The number of benzene rings is 2. The van der Waals surface area contributed by atoms with E-state index in [1.807, 2.05) is 51.1 Å². The molecule has 0 atom stereocenters. The lowest BCUT2D eigenvalue weighted by Crippen LogP contribution is -2.38. The first-order chi connectivity index (χ1) is 12.2. The normalized spacial score (nSPS) is 11.1. The second kappa shape index (κ2) is 8.34. The molecule has 0 saturated heterocycles. The van der Waals surface area contributed by atoms with E-state index in [-0.39, 0.29) is 11.8 Å². The van der Waals surface area contributed by atoms with Crippen LogP contribution in [0.25, 0.3) is 0 Å². The molecule has 0 aliphatic rings. The third kappa shape index (κ3) is 5.31. The first-order valence-electron chi connectivity index (χ1n) is 8.37. The third-order valence-corrected chi connectivity index (χ3v) is 4.02. The second-order valence-electron chi connectivity index (χ2n) is 7.14. The molecule has 0 aliphatic carbocycles. The fourth-order valence-electron chi connectivity index (χ4n) is 2.28. The number of aryl methyl sites for hydroxylation is 1. The van der Waals surface area contributed by atoms with Crippen molar-refractivity contribution in [3.05, 3.63) is 64.2 Å². The lowest BCUT2D eigenvalue weighted by atomic mass is 9.95. The third-order valence-electron chi connectivity index (χ3n) is 3.80. The summed E-state index contributed by atoms with van der Waals surface area (Å²) in [6.07, 6.45) is 0. The highest BCUT2D eigenvalue weighted by molar-refractivity contribution is 6.31. The monoisotopic (exact) mass is 373 g/mol. The average Bonchev–Trinajstić information content (AvgIpc) is 2.56. The van der Waals surface area contributed by atoms with Gasteiger partial charge in [0.15, 0.2) is 0 Å². The van der Waals surface area contributed by atoms with Crippen molar-refractivity contribution in [2.45, 2.75) is 34.2 Å². The minimum atomic E-state index is -0.578. The molecule has 2 aromatic carbocycles. The number of nitrogens with one attached hydrogen (secondary N) is 3. The number of amides is 2. The molecule has 5 nitrogen and oxygen atoms in total. The molecule has 0 radical (unpaired) electrons. The number of rotatable bonds is 5. The van der Waals surface area contributed by atoms with Crippen LogP contribution in [0.15, 0.2) is 42.5 Å². The highest BCUT2D eigenvalue weighted by Crippen LogP contribution is 2.27. The molecule has 0 bridgehead atoms. The largest absolute Gasteiger partial charge is 0.325 e. The quantitative estimate of drug-likeness (QED) is 0.692. The predicted octanol–water partition coefficient (Wildman–Crippen LogP) is 4.07. The standard InChI is InChI=1S/C20H24ClN3O2/c1-13-10-15(21)11-16(17(13)23-19(26)20(2,3)4)18(25)24-22-12-14-8-6-5-7-9-14/h5-11,22H,12H2,1-4H3,(H,23,26)(H,24,25). The van der Waals surface area contributed by atoms with Crippen LogP contribution in [0, 0.1) is 12.3 Å². The summed E-state index contributed by atoms with van der Waals surface area (Å²) < 4.78 is 0. The van der Waals surface area contributed by atoms with Gasteiger partial charge >= 0.3 is 0 Å². The fourth-order valence-corrected chi connectivity index (χ4v) is 2.55. The van der Waals surface area contributed by atoms with Gasteiger partial charge in [0.25, 0.3) is 5.91 Å². The molecule has 6 heteroatoms. The Hall–Kier alpha value is -2.37. The summed E-state index contributed by atoms with van der Waals surface area (Å²) in [5.41, 5.74) is 7.51. The smallest absolute Gasteiger partial charge is 0.267 e. The molecule has 26 heavy (non-hydrogen) atoms. The van der Waals surface area contributed by atoms with Crippen LogP contribution in [0.4, 0.5) is 5.69 Å². The Morgan fingerprint density at radius 3 is 2.35 bits per heavy atom. The lowest BCUT2D eigenvalue weighted by Gasteiger charge is -2.21. The van der Waals surface area contributed by atoms with Crippen LogP contribution in [0.5, 0.6) is 0 Å². The Labute approximate surface area is 159 Å². The molecular formula is C20H24ClN3O2. The Kier molecular flexibility index (Phi) is 6.40. The Morgan fingerprint density at radius 2 is 1.73 bits per heavy atom. The van der Waals surface area contributed by atoms with Crippen LogP contribution in [0.3, 0.4) is 0 Å². The van der Waals surface area contributed by atoms with Gasteiger partial charge in [-0.25, -0.2) is 5.43 Å². The second-order valence-corrected chi connectivity index (χ2v) is 7.58. The van der Waals surface area contributed by atoms with Gasteiger partial charge in [0.05, 0.1) is 11.3 Å². The van der Waals surface area contributed by atoms with E-state index in [4.69, 9.17) is 11.6 Å². The van der Waals surface area contributed by atoms with Crippen molar-refractivity contribution >= 4 is 29.1 Å². The molecule has 0 fully saturated rings. The van der Waals surface area contributed by atoms with E-state index < -0.39 is 5.41 Å². The molecular weight excluding hydrogens is 350 g/mol. The van der Waals surface area contributed by atoms with E-state index in [0.29, 0.717) is 22.8 Å². The lowest BCUT2D eigenvalue weighted by molar-refractivity contribution is -0.123. The molecule has 0 aromatic heterocycles. The number of hydrogen-bond donors (Lipinski definition) is 3. The van der Waals surface area contributed by atoms with Crippen molar-refractivity contribution < 1.29 is 9.59 Å². The minimum absolute atomic E-state index is 0.172. The SMILES string of the molecule is Cc1cc(Cl)cc(C(=O)NNCc2ccccc2)c1NC(=O)C(C)(C)C. The van der Waals surface area contributed by atoms with Crippen molar-refractivity contribution in [1.82, 2.24) is 10.9 Å². The average molecular weight is 374 g/mol. The molecule has 2 rings (SSSR count). The summed E-state index contributed by atoms with van der Waals surface area (Å²) in [5, 5.41) is 3.28. The Morgan fingerprint density at radius 1 is 1.08 bits per heavy atom. The summed E-state index contributed by atoms with van der Waals surface area (Å²) in [4.78, 5) is 25.0. The summed E-state index contributed by atoms with van der Waals surface area (Å²) in [6.45, 7) is 7.73. The number of anilines is 1. The fraction of sp³-hybridized carbons (Fsp3) is 0.300. The number of hydrazine groups is 1. The van der Waals surface area contributed by atoms with Gasteiger partial charge in [-0.3, -0.25) is 15.0 Å². The Bertz CT molecular complexity index is 799. The van der Waals surface area contributed by atoms with Gasteiger partial charge in [0.2, 0.25) is 5.91 Å². The van der Waals surface area contributed by atoms with Crippen LogP contribution >= 0.6 is 11.6 Å². The molecule has 138 valence electrons. The van der Waals surface area contributed by atoms with E-state index in [9.17, 15) is 9.59 Å². The maximum absolute atomic E-state index is 12.6. The molecule has 3 N–H and O–H groups in total. The van der Waals surface area contributed by atoms with Crippen molar-refractivity contribution in [3.8, 4) is 0 Å². The van der Waals surface area contributed by atoms with Crippen LogP contribution in [0.1, 0.15) is 42.3 Å². The molecule has 0 heterocycles. The van der Waals surface area contributed by atoms with Gasteiger partial charge < -0.3 is 5.32 Å². The first-order valence-corrected chi connectivity index (χ1v) is 8.75. The first kappa shape index (κ1) is 19.9. The van der Waals surface area contributed by atoms with Crippen molar-refractivity contribution in [2.75, 3.05) is 5.32 Å². The molecule has 0 saturated carbocycles. The number of carbonyl (C=O) groups excluding carboxylic acids is 2. The molecule has 0 aliphatic heterocycles. The zero-order chi connectivity index (χ0) is 19.3. The minimum Gasteiger partial charge on any atom is -0.325 e. The highest BCUT2D eigenvalue weighted by atomic mass is 35.5. The van der Waals surface area contributed by atoms with Crippen molar-refractivity contribution in [1.29, 1.82) is 0 Å². The Balaban J connectivity index is 2.16. The van der Waals surface area contributed by atoms with Crippen molar-refractivity contribution in [2.24, 2.45) is 5.41 Å². The van der Waals surface area contributed by atoms with Gasteiger partial charge in [-0.2, -0.15) is 0 Å². The summed E-state index contributed by atoms with van der Waals surface area (Å²) in [6, 6.07) is 13.0. The van der Waals surface area contributed by atoms with E-state index >= 15 is 0 Å². The summed E-state index contributed by atoms with van der Waals surface area (Å²) in [7, 11) is 0. The number of carbonyl (C=O) groups is 2. The predicted molar refractivity (Wildman–Crippen MR) is 105 cm³/mol. The molecule has 0 unspecified atom stereocenters. The van der Waals surface area contributed by atoms with E-state index in [1.165, 1.54) is 0 Å². The summed E-state index contributed by atoms with van der Waals surface area (Å²) >= 11 is 6.11. The molecule has 0 spiro atoms. The molecule has 2 amide bonds. The zero-order valence-electron chi connectivity index (χ0n) is 15.4. The van der Waals surface area contributed by atoms with Crippen LogP contribution in [-0.4, -0.2) is 11.8 Å².